The fraction of sp³-hybridized carbons (Fsp3) is 0.522. The number of hydrogen-bond donors (Lipinski definition) is 0. The second-order valence-corrected chi connectivity index (χ2v) is 7.35. The molecule has 1 aromatic heterocycles. The van der Waals surface area contributed by atoms with E-state index in [1.807, 2.05) is 50.2 Å². The van der Waals surface area contributed by atoms with Gasteiger partial charge in [0.05, 0.1) is 18.5 Å². The first-order valence-electron chi connectivity index (χ1n) is 10.0. The van der Waals surface area contributed by atoms with Crippen molar-refractivity contribution >= 4 is 0 Å². The molecule has 0 spiro atoms. The largest absolute Gasteiger partial charge is 0.494 e. The average Bonchev–Trinajstić information content (AvgIpc) is 2.67. The summed E-state index contributed by atoms with van der Waals surface area (Å²) in [5, 5.41) is 0. The van der Waals surface area contributed by atoms with Crippen molar-refractivity contribution in [3.63, 3.8) is 0 Å². The molecule has 2 aromatic rings. The van der Waals surface area contributed by atoms with Gasteiger partial charge < -0.3 is 9.47 Å². The second kappa shape index (κ2) is 11.6. The predicted octanol–water partition coefficient (Wildman–Crippen LogP) is 6.47. The molecule has 148 valence electrons. The summed E-state index contributed by atoms with van der Waals surface area (Å²) in [6.45, 7) is 7.05. The van der Waals surface area contributed by atoms with Crippen molar-refractivity contribution in [2.75, 3.05) is 13.2 Å². The lowest BCUT2D eigenvalue weighted by Crippen LogP contribution is -2.15. The summed E-state index contributed by atoms with van der Waals surface area (Å²) in [5.41, 5.74) is 1.87. The molecule has 0 N–H and O–H groups in total. The normalized spacial score (nSPS) is 12.2. The van der Waals surface area contributed by atoms with Crippen molar-refractivity contribution in [2.24, 2.45) is 5.92 Å². The van der Waals surface area contributed by atoms with Crippen LogP contribution in [0.15, 0.2) is 42.6 Å². The van der Waals surface area contributed by atoms with E-state index in [2.05, 4.69) is 11.9 Å². The number of ether oxygens (including phenoxy) is 2. The Kier molecular flexibility index (Phi) is 9.09. The Morgan fingerprint density at radius 2 is 1.67 bits per heavy atom. The molecule has 2 rings (SSSR count). The van der Waals surface area contributed by atoms with Crippen LogP contribution in [0.5, 0.6) is 11.5 Å². The Morgan fingerprint density at radius 3 is 2.30 bits per heavy atom. The van der Waals surface area contributed by atoms with Gasteiger partial charge in [-0.1, -0.05) is 40.0 Å². The van der Waals surface area contributed by atoms with Gasteiger partial charge in [0.25, 0.3) is 0 Å². The number of benzene rings is 1. The summed E-state index contributed by atoms with van der Waals surface area (Å²) in [5.74, 6) is 1.80. The van der Waals surface area contributed by atoms with Crippen LogP contribution in [0.2, 0.25) is 0 Å². The summed E-state index contributed by atoms with van der Waals surface area (Å²) in [6, 6.07) is 11.7. The Morgan fingerprint density at radius 1 is 0.926 bits per heavy atom. The first-order valence-corrected chi connectivity index (χ1v) is 10.0. The fourth-order valence-corrected chi connectivity index (χ4v) is 2.84. The molecule has 0 aliphatic carbocycles. The zero-order chi connectivity index (χ0) is 19.5. The van der Waals surface area contributed by atoms with E-state index in [-0.39, 0.29) is 6.61 Å². The van der Waals surface area contributed by atoms with Crippen LogP contribution in [-0.2, 0) is 0 Å². The van der Waals surface area contributed by atoms with Crippen LogP contribution >= 0.6 is 0 Å². The van der Waals surface area contributed by atoms with E-state index in [1.165, 1.54) is 19.3 Å². The van der Waals surface area contributed by atoms with Gasteiger partial charge in [0, 0.05) is 5.56 Å². The smallest absolute Gasteiger partial charge is 0.137 e. The zero-order valence-corrected chi connectivity index (χ0v) is 16.8. The van der Waals surface area contributed by atoms with Gasteiger partial charge in [-0.25, -0.2) is 4.39 Å². The van der Waals surface area contributed by atoms with E-state index in [9.17, 15) is 4.39 Å². The van der Waals surface area contributed by atoms with Gasteiger partial charge >= 0.3 is 0 Å². The highest BCUT2D eigenvalue weighted by atomic mass is 19.1. The van der Waals surface area contributed by atoms with Crippen LogP contribution in [-0.4, -0.2) is 24.4 Å². The molecule has 0 bridgehead atoms. The van der Waals surface area contributed by atoms with E-state index in [4.69, 9.17) is 9.47 Å². The van der Waals surface area contributed by atoms with E-state index >= 15 is 0 Å². The van der Waals surface area contributed by atoms with Crippen LogP contribution < -0.4 is 9.47 Å². The maximum Gasteiger partial charge on any atom is 0.137 e. The van der Waals surface area contributed by atoms with Gasteiger partial charge in [-0.15, -0.1) is 0 Å². The molecule has 0 saturated heterocycles. The Bertz CT molecular complexity index is 640. The molecule has 3 nitrogen and oxygen atoms in total. The highest BCUT2D eigenvalue weighted by Gasteiger charge is 2.10. The summed E-state index contributed by atoms with van der Waals surface area (Å²) >= 11 is 0. The molecular formula is C23H32FNO2. The number of pyridine rings is 1. The van der Waals surface area contributed by atoms with Crippen LogP contribution in [0, 0.1) is 5.92 Å². The summed E-state index contributed by atoms with van der Waals surface area (Å²) in [7, 11) is 0. The van der Waals surface area contributed by atoms with Crippen molar-refractivity contribution in [3.8, 4) is 22.8 Å². The van der Waals surface area contributed by atoms with Crippen LogP contribution in [0.3, 0.4) is 0 Å². The van der Waals surface area contributed by atoms with E-state index in [0.29, 0.717) is 18.1 Å². The minimum atomic E-state index is -0.945. The third kappa shape index (κ3) is 7.98. The maximum absolute atomic E-state index is 13.7. The summed E-state index contributed by atoms with van der Waals surface area (Å²) < 4.78 is 25.0. The first-order chi connectivity index (χ1) is 13.1. The number of aromatic nitrogens is 1. The number of hydrogen-bond acceptors (Lipinski definition) is 3. The first kappa shape index (κ1) is 21.2. The van der Waals surface area contributed by atoms with Crippen molar-refractivity contribution in [3.05, 3.63) is 42.6 Å². The Balaban J connectivity index is 1.82. The topological polar surface area (TPSA) is 31.4 Å². The van der Waals surface area contributed by atoms with Gasteiger partial charge in [-0.05, 0) is 55.2 Å². The van der Waals surface area contributed by atoms with Crippen molar-refractivity contribution in [1.82, 2.24) is 4.98 Å². The quantitative estimate of drug-likeness (QED) is 0.400. The van der Waals surface area contributed by atoms with Gasteiger partial charge in [-0.3, -0.25) is 4.98 Å². The van der Waals surface area contributed by atoms with Crippen LogP contribution in [0.25, 0.3) is 11.3 Å². The molecule has 27 heavy (non-hydrogen) atoms. The highest BCUT2D eigenvalue weighted by Crippen LogP contribution is 2.23. The van der Waals surface area contributed by atoms with Gasteiger partial charge in [0.15, 0.2) is 0 Å². The molecule has 0 aliphatic heterocycles. The number of halogens is 1. The lowest BCUT2D eigenvalue weighted by Gasteiger charge is -2.12. The maximum atomic E-state index is 13.7. The fourth-order valence-electron chi connectivity index (χ4n) is 2.84. The van der Waals surface area contributed by atoms with Gasteiger partial charge in [0.2, 0.25) is 0 Å². The van der Waals surface area contributed by atoms with Gasteiger partial charge in [0.1, 0.15) is 24.3 Å². The molecule has 1 heterocycles. The molecule has 1 unspecified atom stereocenters. The number of alkyl halides is 1. The van der Waals surface area contributed by atoms with Crippen LogP contribution in [0.4, 0.5) is 4.39 Å². The number of unbranched alkanes of at least 4 members (excludes halogenated alkanes) is 3. The minimum Gasteiger partial charge on any atom is -0.494 e. The predicted molar refractivity (Wildman–Crippen MR) is 109 cm³/mol. The average molecular weight is 374 g/mol. The molecule has 0 saturated carbocycles. The SMILES string of the molecule is CCCCCCOc1ccc(-c2ccc(OCC(F)CC(C)C)cn2)cc1. The molecule has 0 radical (unpaired) electrons. The third-order valence-electron chi connectivity index (χ3n) is 4.31. The van der Waals surface area contributed by atoms with E-state index in [1.54, 1.807) is 6.20 Å². The Labute approximate surface area is 162 Å². The molecule has 1 aromatic carbocycles. The van der Waals surface area contributed by atoms with Crippen LogP contribution in [0.1, 0.15) is 52.9 Å². The minimum absolute atomic E-state index is 0.0729. The summed E-state index contributed by atoms with van der Waals surface area (Å²) in [4.78, 5) is 4.43. The number of nitrogens with zero attached hydrogens (tertiary/aromatic N) is 1. The standard InChI is InChI=1S/C23H32FNO2/c1-4-5-6-7-14-26-21-10-8-19(9-11-21)23-13-12-22(16-25-23)27-17-20(24)15-18(2)3/h8-13,16,18,20H,4-7,14-15,17H2,1-3H3. The van der Waals surface area contributed by atoms with Crippen molar-refractivity contribution in [2.45, 2.75) is 59.0 Å². The van der Waals surface area contributed by atoms with Gasteiger partial charge in [-0.2, -0.15) is 0 Å². The lowest BCUT2D eigenvalue weighted by molar-refractivity contribution is 0.173. The lowest BCUT2D eigenvalue weighted by atomic mass is 10.1. The molecule has 0 fully saturated rings. The Hall–Kier alpha value is -2.10. The van der Waals surface area contributed by atoms with E-state index < -0.39 is 6.17 Å². The monoisotopic (exact) mass is 373 g/mol. The zero-order valence-electron chi connectivity index (χ0n) is 16.8. The highest BCUT2D eigenvalue weighted by molar-refractivity contribution is 5.60. The molecule has 4 heteroatoms. The van der Waals surface area contributed by atoms with Crippen molar-refractivity contribution < 1.29 is 13.9 Å². The summed E-state index contributed by atoms with van der Waals surface area (Å²) in [6.07, 6.45) is 6.02. The second-order valence-electron chi connectivity index (χ2n) is 7.35. The van der Waals surface area contributed by atoms with Crippen molar-refractivity contribution in [1.29, 1.82) is 0 Å². The van der Waals surface area contributed by atoms with E-state index in [0.717, 1.165) is 30.0 Å². The third-order valence-corrected chi connectivity index (χ3v) is 4.31. The molecular weight excluding hydrogens is 341 g/mol. The molecule has 1 atom stereocenters. The molecule has 0 amide bonds. The molecule has 0 aliphatic rings. The number of rotatable bonds is 12.